The Hall–Kier alpha value is -1.19. The topological polar surface area (TPSA) is 45.8 Å². The van der Waals surface area contributed by atoms with Gasteiger partial charge in [0.1, 0.15) is 5.82 Å². The predicted molar refractivity (Wildman–Crippen MR) is 64.5 cm³/mol. The lowest BCUT2D eigenvalue weighted by molar-refractivity contribution is 0.311. The maximum absolute atomic E-state index is 13.2. The Morgan fingerprint density at radius 3 is 2.53 bits per heavy atom. The van der Waals surface area contributed by atoms with Gasteiger partial charge in [-0.2, -0.15) is 4.39 Å². The minimum atomic E-state index is -0.754. The molecule has 0 saturated heterocycles. The first kappa shape index (κ1) is 12.3. The lowest BCUT2D eigenvalue weighted by Crippen LogP contribution is -2.22. The van der Waals surface area contributed by atoms with Crippen LogP contribution in [0.1, 0.15) is 56.5 Å². The molecule has 2 rings (SSSR count). The monoisotopic (exact) mass is 238 g/mol. The highest BCUT2D eigenvalue weighted by Crippen LogP contribution is 2.35. The van der Waals surface area contributed by atoms with Crippen LogP contribution in [0.5, 0.6) is 0 Å². The van der Waals surface area contributed by atoms with Crippen molar-refractivity contribution in [2.75, 3.05) is 0 Å². The molecule has 1 saturated carbocycles. The molecule has 0 amide bonds. The number of rotatable bonds is 2. The number of hydrogen-bond acceptors (Lipinski definition) is 2. The molecule has 1 heterocycles. The Morgan fingerprint density at radius 2 is 2.00 bits per heavy atom. The number of aromatic nitrogens is 2. The number of aryl methyl sites for hydroxylation is 1. The van der Waals surface area contributed by atoms with Crippen molar-refractivity contribution < 1.29 is 4.39 Å². The highest BCUT2D eigenvalue weighted by molar-refractivity contribution is 5.07. The fourth-order valence-electron chi connectivity index (χ4n) is 2.63. The van der Waals surface area contributed by atoms with Crippen molar-refractivity contribution in [1.29, 1.82) is 0 Å². The molecule has 94 valence electrons. The molecule has 0 unspecified atom stereocenters. The van der Waals surface area contributed by atoms with Crippen molar-refractivity contribution >= 4 is 0 Å². The van der Waals surface area contributed by atoms with Crippen LogP contribution >= 0.6 is 0 Å². The van der Waals surface area contributed by atoms with Crippen molar-refractivity contribution in [2.45, 2.75) is 51.9 Å². The summed E-state index contributed by atoms with van der Waals surface area (Å²) in [7, 11) is 0. The number of H-pyrrole nitrogens is 1. The van der Waals surface area contributed by atoms with Gasteiger partial charge < -0.3 is 4.98 Å². The van der Waals surface area contributed by atoms with Crippen LogP contribution in [0.2, 0.25) is 0 Å². The summed E-state index contributed by atoms with van der Waals surface area (Å²) in [6.45, 7) is 3.76. The third kappa shape index (κ3) is 2.56. The Bertz CT molecular complexity index is 447. The van der Waals surface area contributed by atoms with Gasteiger partial charge in [0.25, 0.3) is 5.56 Å². The zero-order valence-corrected chi connectivity index (χ0v) is 10.4. The van der Waals surface area contributed by atoms with Crippen LogP contribution in [-0.2, 0) is 0 Å². The lowest BCUT2D eigenvalue weighted by Gasteiger charge is -2.27. The van der Waals surface area contributed by atoms with Gasteiger partial charge >= 0.3 is 0 Å². The molecule has 1 aliphatic rings. The van der Waals surface area contributed by atoms with E-state index in [1.807, 2.05) is 0 Å². The Balaban J connectivity index is 2.16. The molecule has 1 N–H and O–H groups in total. The molecule has 17 heavy (non-hydrogen) atoms. The van der Waals surface area contributed by atoms with E-state index in [9.17, 15) is 9.18 Å². The van der Waals surface area contributed by atoms with Crippen LogP contribution in [-0.4, -0.2) is 9.97 Å². The highest BCUT2D eigenvalue weighted by atomic mass is 19.1. The number of hydrogen-bond donors (Lipinski definition) is 1. The standard InChI is InChI=1S/C13H19FN2O/c1-3-9-4-6-10(7-5-9)12-15-8(2)11(14)13(17)16-12/h9-10H,3-7H2,1-2H3,(H,15,16,17). The molecular formula is C13H19FN2O. The summed E-state index contributed by atoms with van der Waals surface area (Å²) >= 11 is 0. The van der Waals surface area contributed by atoms with Gasteiger partial charge in [-0.15, -0.1) is 0 Å². The van der Waals surface area contributed by atoms with Crippen LogP contribution in [0.25, 0.3) is 0 Å². The van der Waals surface area contributed by atoms with Gasteiger partial charge in [-0.05, 0) is 38.5 Å². The highest BCUT2D eigenvalue weighted by Gasteiger charge is 2.23. The first-order chi connectivity index (χ1) is 8.11. The maximum Gasteiger partial charge on any atom is 0.287 e. The molecule has 0 bridgehead atoms. The summed E-state index contributed by atoms with van der Waals surface area (Å²) in [5.74, 6) is 1.02. The summed E-state index contributed by atoms with van der Waals surface area (Å²) in [4.78, 5) is 18.1. The second-order valence-corrected chi connectivity index (χ2v) is 4.98. The third-order valence-corrected chi connectivity index (χ3v) is 3.86. The lowest BCUT2D eigenvalue weighted by atomic mass is 9.80. The summed E-state index contributed by atoms with van der Waals surface area (Å²) < 4.78 is 13.2. The molecule has 0 aromatic carbocycles. The Morgan fingerprint density at radius 1 is 1.35 bits per heavy atom. The van der Waals surface area contributed by atoms with Gasteiger partial charge in [-0.25, -0.2) is 4.98 Å². The molecule has 0 spiro atoms. The summed E-state index contributed by atoms with van der Waals surface area (Å²) in [5.41, 5.74) is -0.425. The number of nitrogens with one attached hydrogen (secondary N) is 1. The largest absolute Gasteiger partial charge is 0.308 e. The van der Waals surface area contributed by atoms with Crippen LogP contribution in [0.3, 0.4) is 0 Å². The van der Waals surface area contributed by atoms with Crippen molar-refractivity contribution in [1.82, 2.24) is 9.97 Å². The second-order valence-electron chi connectivity index (χ2n) is 4.98. The summed E-state index contributed by atoms with van der Waals surface area (Å²) in [6, 6.07) is 0. The average Bonchev–Trinajstić information content (AvgIpc) is 2.35. The van der Waals surface area contributed by atoms with Crippen LogP contribution in [0, 0.1) is 18.7 Å². The van der Waals surface area contributed by atoms with E-state index < -0.39 is 11.4 Å². The number of aromatic amines is 1. The van der Waals surface area contributed by atoms with E-state index in [1.54, 1.807) is 6.92 Å². The molecular weight excluding hydrogens is 219 g/mol. The first-order valence-electron chi connectivity index (χ1n) is 6.38. The molecule has 0 radical (unpaired) electrons. The van der Waals surface area contributed by atoms with Crippen molar-refractivity contribution in [3.8, 4) is 0 Å². The SMILES string of the molecule is CCC1CCC(c2nc(C)c(F)c(=O)[nH]2)CC1. The number of nitrogens with zero attached hydrogens (tertiary/aromatic N) is 1. The third-order valence-electron chi connectivity index (χ3n) is 3.86. The first-order valence-corrected chi connectivity index (χ1v) is 6.38. The van der Waals surface area contributed by atoms with Crippen LogP contribution in [0.4, 0.5) is 4.39 Å². The fourth-order valence-corrected chi connectivity index (χ4v) is 2.63. The van der Waals surface area contributed by atoms with E-state index in [4.69, 9.17) is 0 Å². The molecule has 3 nitrogen and oxygen atoms in total. The van der Waals surface area contributed by atoms with Crippen molar-refractivity contribution in [2.24, 2.45) is 5.92 Å². The van der Waals surface area contributed by atoms with Gasteiger partial charge in [0.2, 0.25) is 5.82 Å². The van der Waals surface area contributed by atoms with Gasteiger partial charge in [0.15, 0.2) is 0 Å². The fraction of sp³-hybridized carbons (Fsp3) is 0.692. The molecule has 0 aliphatic heterocycles. The van der Waals surface area contributed by atoms with Crippen molar-refractivity contribution in [3.05, 3.63) is 27.7 Å². The van der Waals surface area contributed by atoms with E-state index in [0.29, 0.717) is 11.7 Å². The molecule has 0 atom stereocenters. The van der Waals surface area contributed by atoms with Gasteiger partial charge in [0, 0.05) is 5.92 Å². The molecule has 1 aromatic rings. The normalized spacial score (nSPS) is 24.9. The van der Waals surface area contributed by atoms with E-state index >= 15 is 0 Å². The van der Waals surface area contributed by atoms with Crippen LogP contribution < -0.4 is 5.56 Å². The smallest absolute Gasteiger partial charge is 0.287 e. The minimum absolute atomic E-state index is 0.210. The van der Waals surface area contributed by atoms with Gasteiger partial charge in [0.05, 0.1) is 5.69 Å². The molecule has 1 aliphatic carbocycles. The zero-order valence-electron chi connectivity index (χ0n) is 10.4. The Labute approximate surface area is 100 Å². The van der Waals surface area contributed by atoms with E-state index in [2.05, 4.69) is 16.9 Å². The number of halogens is 1. The quantitative estimate of drug-likeness (QED) is 0.861. The molecule has 4 heteroatoms. The Kier molecular flexibility index (Phi) is 3.60. The molecule has 1 aromatic heterocycles. The maximum atomic E-state index is 13.2. The van der Waals surface area contributed by atoms with Gasteiger partial charge in [-0.1, -0.05) is 13.3 Å². The summed E-state index contributed by atoms with van der Waals surface area (Å²) in [5, 5.41) is 0. The van der Waals surface area contributed by atoms with E-state index in [-0.39, 0.29) is 5.69 Å². The van der Waals surface area contributed by atoms with E-state index in [1.165, 1.54) is 19.3 Å². The zero-order chi connectivity index (χ0) is 12.4. The van der Waals surface area contributed by atoms with Gasteiger partial charge in [-0.3, -0.25) is 4.79 Å². The minimum Gasteiger partial charge on any atom is -0.308 e. The average molecular weight is 238 g/mol. The second kappa shape index (κ2) is 4.98. The summed E-state index contributed by atoms with van der Waals surface area (Å²) in [6.07, 6.45) is 5.68. The van der Waals surface area contributed by atoms with Crippen LogP contribution in [0.15, 0.2) is 4.79 Å². The van der Waals surface area contributed by atoms with Crippen molar-refractivity contribution in [3.63, 3.8) is 0 Å². The molecule has 1 fully saturated rings. The van der Waals surface area contributed by atoms with E-state index in [0.717, 1.165) is 18.8 Å². The predicted octanol–water partition coefficient (Wildman–Crippen LogP) is 2.90.